The van der Waals surface area contributed by atoms with Crippen molar-refractivity contribution >= 4 is 0 Å². The number of unbranched alkanes of at least 4 members (excludes halogenated alkanes) is 1. The predicted octanol–water partition coefficient (Wildman–Crippen LogP) is 6.10. The molecule has 1 unspecified atom stereocenters. The molecular formula is C28H33FN2. The van der Waals surface area contributed by atoms with Gasteiger partial charge in [0, 0.05) is 38.8 Å². The van der Waals surface area contributed by atoms with Crippen molar-refractivity contribution < 1.29 is 4.39 Å². The number of halogens is 1. The number of benzene rings is 3. The highest BCUT2D eigenvalue weighted by atomic mass is 19.1. The average Bonchev–Trinajstić information content (AvgIpc) is 2.82. The molecule has 3 heteroatoms. The third kappa shape index (κ3) is 6.49. The van der Waals surface area contributed by atoms with E-state index in [4.69, 9.17) is 0 Å². The van der Waals surface area contributed by atoms with Crippen molar-refractivity contribution in [3.63, 3.8) is 0 Å². The predicted molar refractivity (Wildman–Crippen MR) is 126 cm³/mol. The Morgan fingerprint density at radius 1 is 0.677 bits per heavy atom. The van der Waals surface area contributed by atoms with E-state index in [1.165, 1.54) is 29.5 Å². The van der Waals surface area contributed by atoms with Crippen molar-refractivity contribution in [2.24, 2.45) is 0 Å². The monoisotopic (exact) mass is 416 g/mol. The summed E-state index contributed by atoms with van der Waals surface area (Å²) in [6.45, 7) is 5.51. The lowest BCUT2D eigenvalue weighted by Crippen LogP contribution is -2.47. The van der Waals surface area contributed by atoms with Crippen LogP contribution in [0.2, 0.25) is 0 Å². The van der Waals surface area contributed by atoms with Crippen LogP contribution in [-0.2, 0) is 13.0 Å². The van der Waals surface area contributed by atoms with Crippen LogP contribution < -0.4 is 0 Å². The van der Waals surface area contributed by atoms with Crippen LogP contribution in [0.1, 0.15) is 42.0 Å². The molecule has 0 N–H and O–H groups in total. The fraction of sp³-hybridized carbons (Fsp3) is 0.357. The molecule has 0 bridgehead atoms. The molecule has 162 valence electrons. The molecule has 3 aromatic rings. The molecule has 31 heavy (non-hydrogen) atoms. The van der Waals surface area contributed by atoms with Gasteiger partial charge in [-0.2, -0.15) is 0 Å². The lowest BCUT2D eigenvalue weighted by Gasteiger charge is -2.39. The fourth-order valence-corrected chi connectivity index (χ4v) is 4.63. The van der Waals surface area contributed by atoms with E-state index >= 15 is 0 Å². The molecule has 1 fully saturated rings. The van der Waals surface area contributed by atoms with Gasteiger partial charge in [0.2, 0.25) is 0 Å². The van der Waals surface area contributed by atoms with Crippen molar-refractivity contribution in [2.45, 2.75) is 38.3 Å². The molecule has 0 amide bonds. The third-order valence-electron chi connectivity index (χ3n) is 6.39. The maximum absolute atomic E-state index is 13.1. The molecule has 1 atom stereocenters. The first-order valence-corrected chi connectivity index (χ1v) is 11.6. The SMILES string of the molecule is Fc1ccc(CCCCC(c2ccccc2)N2CCN(Cc3ccccc3)CC2)cc1. The summed E-state index contributed by atoms with van der Waals surface area (Å²) in [5.41, 5.74) is 4.06. The van der Waals surface area contributed by atoms with Crippen molar-refractivity contribution in [3.8, 4) is 0 Å². The van der Waals surface area contributed by atoms with Crippen LogP contribution in [0.4, 0.5) is 4.39 Å². The van der Waals surface area contributed by atoms with Crippen molar-refractivity contribution in [2.75, 3.05) is 26.2 Å². The minimum absolute atomic E-state index is 0.153. The van der Waals surface area contributed by atoms with Gasteiger partial charge in [0.25, 0.3) is 0 Å². The Hall–Kier alpha value is -2.49. The highest BCUT2D eigenvalue weighted by Crippen LogP contribution is 2.28. The number of hydrogen-bond acceptors (Lipinski definition) is 2. The summed E-state index contributed by atoms with van der Waals surface area (Å²) in [4.78, 5) is 5.25. The minimum atomic E-state index is -0.153. The van der Waals surface area contributed by atoms with Gasteiger partial charge in [-0.15, -0.1) is 0 Å². The highest BCUT2D eigenvalue weighted by molar-refractivity contribution is 5.20. The molecule has 1 aliphatic heterocycles. The second-order valence-corrected chi connectivity index (χ2v) is 8.60. The Morgan fingerprint density at radius 2 is 1.32 bits per heavy atom. The minimum Gasteiger partial charge on any atom is -0.297 e. The molecule has 0 aliphatic carbocycles. The fourth-order valence-electron chi connectivity index (χ4n) is 4.63. The summed E-state index contributed by atoms with van der Waals surface area (Å²) in [7, 11) is 0. The Kier molecular flexibility index (Phi) is 7.87. The van der Waals surface area contributed by atoms with Gasteiger partial charge in [0.1, 0.15) is 5.82 Å². The van der Waals surface area contributed by atoms with Crippen LogP contribution in [0.15, 0.2) is 84.9 Å². The Bertz CT molecular complexity index is 887. The lowest BCUT2D eigenvalue weighted by molar-refractivity contribution is 0.0866. The van der Waals surface area contributed by atoms with Gasteiger partial charge in [-0.25, -0.2) is 4.39 Å². The zero-order valence-corrected chi connectivity index (χ0v) is 18.3. The van der Waals surface area contributed by atoms with Gasteiger partial charge in [0.05, 0.1) is 0 Å². The largest absolute Gasteiger partial charge is 0.297 e. The maximum atomic E-state index is 13.1. The summed E-state index contributed by atoms with van der Waals surface area (Å²) in [5, 5.41) is 0. The van der Waals surface area contributed by atoms with Gasteiger partial charge >= 0.3 is 0 Å². The molecule has 4 rings (SSSR count). The molecule has 0 radical (unpaired) electrons. The Morgan fingerprint density at radius 3 is 2.00 bits per heavy atom. The summed E-state index contributed by atoms with van der Waals surface area (Å²) in [6.07, 6.45) is 4.51. The molecule has 1 saturated heterocycles. The summed E-state index contributed by atoms with van der Waals surface area (Å²) in [6, 6.07) is 29.2. The average molecular weight is 417 g/mol. The van der Waals surface area contributed by atoms with Gasteiger partial charge in [-0.3, -0.25) is 9.80 Å². The van der Waals surface area contributed by atoms with E-state index in [9.17, 15) is 4.39 Å². The zero-order valence-electron chi connectivity index (χ0n) is 18.3. The highest BCUT2D eigenvalue weighted by Gasteiger charge is 2.24. The first-order valence-electron chi connectivity index (χ1n) is 11.6. The number of aryl methyl sites for hydroxylation is 1. The quantitative estimate of drug-likeness (QED) is 0.389. The maximum Gasteiger partial charge on any atom is 0.123 e. The lowest BCUT2D eigenvalue weighted by atomic mass is 9.97. The van der Waals surface area contributed by atoms with E-state index in [1.54, 1.807) is 12.1 Å². The van der Waals surface area contributed by atoms with Crippen LogP contribution in [0.25, 0.3) is 0 Å². The molecule has 0 saturated carbocycles. The van der Waals surface area contributed by atoms with Crippen molar-refractivity contribution in [1.82, 2.24) is 9.80 Å². The van der Waals surface area contributed by atoms with Crippen LogP contribution in [-0.4, -0.2) is 36.0 Å². The number of nitrogens with zero attached hydrogens (tertiary/aromatic N) is 2. The smallest absolute Gasteiger partial charge is 0.123 e. The normalized spacial score (nSPS) is 16.3. The molecule has 0 spiro atoms. The van der Waals surface area contributed by atoms with Crippen LogP contribution >= 0.6 is 0 Å². The van der Waals surface area contributed by atoms with Gasteiger partial charge < -0.3 is 0 Å². The van der Waals surface area contributed by atoms with E-state index in [0.29, 0.717) is 6.04 Å². The second-order valence-electron chi connectivity index (χ2n) is 8.60. The Balaban J connectivity index is 1.31. The van der Waals surface area contributed by atoms with E-state index in [0.717, 1.165) is 45.6 Å². The first kappa shape index (κ1) is 21.7. The molecule has 3 aromatic carbocycles. The van der Waals surface area contributed by atoms with Crippen molar-refractivity contribution in [1.29, 1.82) is 0 Å². The standard InChI is InChI=1S/C28H33FN2/c29-27-17-15-24(16-18-27)9-7-8-14-28(26-12-5-2-6-13-26)31-21-19-30(20-22-31)23-25-10-3-1-4-11-25/h1-6,10-13,15-18,28H,7-9,14,19-23H2. The Labute approximate surface area is 186 Å². The summed E-state index contributed by atoms with van der Waals surface area (Å²) in [5.74, 6) is -0.153. The van der Waals surface area contributed by atoms with E-state index < -0.39 is 0 Å². The van der Waals surface area contributed by atoms with Crippen LogP contribution in [0.3, 0.4) is 0 Å². The topological polar surface area (TPSA) is 6.48 Å². The second kappa shape index (κ2) is 11.2. The molecule has 0 aromatic heterocycles. The first-order chi connectivity index (χ1) is 15.3. The van der Waals surface area contributed by atoms with E-state index in [1.807, 2.05) is 12.1 Å². The number of piperazine rings is 1. The van der Waals surface area contributed by atoms with Crippen molar-refractivity contribution in [3.05, 3.63) is 107 Å². The van der Waals surface area contributed by atoms with Crippen LogP contribution in [0, 0.1) is 5.82 Å². The summed E-state index contributed by atoms with van der Waals surface area (Å²) < 4.78 is 13.1. The van der Waals surface area contributed by atoms with E-state index in [2.05, 4.69) is 70.5 Å². The van der Waals surface area contributed by atoms with Crippen LogP contribution in [0.5, 0.6) is 0 Å². The van der Waals surface area contributed by atoms with Gasteiger partial charge in [-0.1, -0.05) is 79.2 Å². The van der Waals surface area contributed by atoms with Gasteiger partial charge in [0.15, 0.2) is 0 Å². The van der Waals surface area contributed by atoms with Gasteiger partial charge in [-0.05, 0) is 48.1 Å². The van der Waals surface area contributed by atoms with E-state index in [-0.39, 0.29) is 5.82 Å². The zero-order chi connectivity index (χ0) is 21.3. The number of hydrogen-bond donors (Lipinski definition) is 0. The number of rotatable bonds is 9. The molecular weight excluding hydrogens is 383 g/mol. The molecule has 1 heterocycles. The third-order valence-corrected chi connectivity index (χ3v) is 6.39. The molecule has 2 nitrogen and oxygen atoms in total. The molecule has 1 aliphatic rings. The summed E-state index contributed by atoms with van der Waals surface area (Å²) >= 11 is 0.